The third-order valence-electron chi connectivity index (χ3n) is 3.25. The van der Waals surface area contributed by atoms with Gasteiger partial charge in [0.25, 0.3) is 0 Å². The molecule has 4 nitrogen and oxygen atoms in total. The van der Waals surface area contributed by atoms with E-state index in [0.717, 1.165) is 16.7 Å². The maximum Gasteiger partial charge on any atom is 0.236 e. The summed E-state index contributed by atoms with van der Waals surface area (Å²) in [4.78, 5) is 11.5. The maximum absolute atomic E-state index is 11.5. The summed E-state index contributed by atoms with van der Waals surface area (Å²) in [5.74, 6) is -0.147. The molecule has 2 rings (SSSR count). The monoisotopic (exact) mass is 298 g/mol. The third kappa shape index (κ3) is 5.31. The molecule has 0 radical (unpaired) electrons. The molecule has 0 aliphatic rings. The number of carbonyl (C=O) groups excluding carboxylic acids is 1. The molecule has 0 aromatic heterocycles. The van der Waals surface area contributed by atoms with Gasteiger partial charge in [-0.05, 0) is 23.6 Å². The van der Waals surface area contributed by atoms with Gasteiger partial charge in [0.1, 0.15) is 0 Å². The molecule has 0 fully saturated rings. The molecule has 3 N–H and O–H groups in total. The van der Waals surface area contributed by atoms with Crippen LogP contribution in [-0.4, -0.2) is 11.9 Å². The summed E-state index contributed by atoms with van der Waals surface area (Å²) in [6.45, 7) is 3.28. The zero-order chi connectivity index (χ0) is 15.8. The molecule has 0 saturated carbocycles. The van der Waals surface area contributed by atoms with Crippen molar-refractivity contribution in [2.24, 2.45) is 5.73 Å². The Bertz CT molecular complexity index is 597. The average molecular weight is 298 g/mol. The molecule has 2 aromatic carbocycles. The zero-order valence-electron chi connectivity index (χ0n) is 12.8. The summed E-state index contributed by atoms with van der Waals surface area (Å²) < 4.78 is 5.72. The van der Waals surface area contributed by atoms with Gasteiger partial charge >= 0.3 is 0 Å². The van der Waals surface area contributed by atoms with Crippen LogP contribution < -0.4 is 11.1 Å². The van der Waals surface area contributed by atoms with Gasteiger partial charge in [0, 0.05) is 6.54 Å². The second-order valence-corrected chi connectivity index (χ2v) is 5.30. The van der Waals surface area contributed by atoms with Crippen LogP contribution in [0.25, 0.3) is 0 Å². The van der Waals surface area contributed by atoms with Crippen molar-refractivity contribution < 1.29 is 9.53 Å². The molecule has 0 bridgehead atoms. The van der Waals surface area contributed by atoms with Crippen molar-refractivity contribution >= 4 is 5.91 Å². The molecule has 0 saturated heterocycles. The fourth-order valence-electron chi connectivity index (χ4n) is 2.04. The van der Waals surface area contributed by atoms with E-state index in [4.69, 9.17) is 10.5 Å². The first-order valence-corrected chi connectivity index (χ1v) is 7.38. The van der Waals surface area contributed by atoms with Crippen molar-refractivity contribution in [3.8, 4) is 0 Å². The van der Waals surface area contributed by atoms with Crippen LogP contribution in [0.5, 0.6) is 0 Å². The Labute approximate surface area is 131 Å². The number of hydrogen-bond acceptors (Lipinski definition) is 3. The molecule has 1 amide bonds. The Balaban J connectivity index is 1.82. The van der Waals surface area contributed by atoms with E-state index < -0.39 is 6.04 Å². The molecule has 1 atom stereocenters. The number of ether oxygens (including phenoxy) is 1. The van der Waals surface area contributed by atoms with Crippen molar-refractivity contribution in [3.63, 3.8) is 0 Å². The van der Waals surface area contributed by atoms with Crippen molar-refractivity contribution in [3.05, 3.63) is 71.3 Å². The molecule has 0 unspecified atom stereocenters. The number of carbonyl (C=O) groups is 1. The lowest BCUT2D eigenvalue weighted by Gasteiger charge is -2.09. The molecule has 116 valence electrons. The Kier molecular flexibility index (Phi) is 6.13. The highest BCUT2D eigenvalue weighted by atomic mass is 16.5. The van der Waals surface area contributed by atoms with Crippen LogP contribution in [0.4, 0.5) is 0 Å². The molecule has 2 aromatic rings. The topological polar surface area (TPSA) is 64.4 Å². The van der Waals surface area contributed by atoms with Crippen LogP contribution >= 0.6 is 0 Å². The van der Waals surface area contributed by atoms with Crippen LogP contribution in [0.15, 0.2) is 54.6 Å². The molecule has 4 heteroatoms. The van der Waals surface area contributed by atoms with Crippen LogP contribution in [0, 0.1) is 0 Å². The lowest BCUT2D eigenvalue weighted by Crippen LogP contribution is -2.37. The minimum atomic E-state index is -0.489. The van der Waals surface area contributed by atoms with E-state index in [1.54, 1.807) is 6.92 Å². The number of benzene rings is 2. The predicted molar refractivity (Wildman–Crippen MR) is 86.9 cm³/mol. The van der Waals surface area contributed by atoms with Gasteiger partial charge in [0.2, 0.25) is 5.91 Å². The molecule has 0 aliphatic heterocycles. The third-order valence-corrected chi connectivity index (χ3v) is 3.25. The molecule has 0 heterocycles. The molecular weight excluding hydrogens is 276 g/mol. The van der Waals surface area contributed by atoms with Gasteiger partial charge in [-0.15, -0.1) is 0 Å². The summed E-state index contributed by atoms with van der Waals surface area (Å²) in [6, 6.07) is 17.6. The highest BCUT2D eigenvalue weighted by molar-refractivity contribution is 5.80. The van der Waals surface area contributed by atoms with Gasteiger partial charge in [-0.25, -0.2) is 0 Å². The second-order valence-electron chi connectivity index (χ2n) is 5.30. The van der Waals surface area contributed by atoms with E-state index >= 15 is 0 Å². The summed E-state index contributed by atoms with van der Waals surface area (Å²) in [6.07, 6.45) is 0. The maximum atomic E-state index is 11.5. The normalized spacial score (nSPS) is 11.9. The van der Waals surface area contributed by atoms with E-state index in [-0.39, 0.29) is 5.91 Å². The lowest BCUT2D eigenvalue weighted by molar-refractivity contribution is -0.122. The Morgan fingerprint density at radius 3 is 2.41 bits per heavy atom. The highest BCUT2D eigenvalue weighted by Crippen LogP contribution is 2.09. The largest absolute Gasteiger partial charge is 0.372 e. The summed E-state index contributed by atoms with van der Waals surface area (Å²) in [5.41, 5.74) is 8.80. The van der Waals surface area contributed by atoms with E-state index in [1.165, 1.54) is 0 Å². The SMILES string of the molecule is C[C@@H](N)C(=O)NCc1cccc(COCc2ccccc2)c1. The molecule has 0 spiro atoms. The second kappa shape index (κ2) is 8.32. The number of rotatable bonds is 7. The van der Waals surface area contributed by atoms with Crippen LogP contribution in [-0.2, 0) is 29.3 Å². The molecule has 0 aliphatic carbocycles. The van der Waals surface area contributed by atoms with Crippen LogP contribution in [0.2, 0.25) is 0 Å². The van der Waals surface area contributed by atoms with Crippen molar-refractivity contribution in [1.82, 2.24) is 5.32 Å². The first kappa shape index (κ1) is 16.2. The number of nitrogens with two attached hydrogens (primary N) is 1. The first-order chi connectivity index (χ1) is 10.6. The predicted octanol–water partition coefficient (Wildman–Crippen LogP) is 2.37. The van der Waals surface area contributed by atoms with Gasteiger partial charge in [-0.2, -0.15) is 0 Å². The van der Waals surface area contributed by atoms with E-state index in [1.807, 2.05) is 54.6 Å². The fraction of sp³-hybridized carbons (Fsp3) is 0.278. The van der Waals surface area contributed by atoms with Gasteiger partial charge in [-0.3, -0.25) is 4.79 Å². The quantitative estimate of drug-likeness (QED) is 0.825. The zero-order valence-corrected chi connectivity index (χ0v) is 12.8. The molecular formula is C18H22N2O2. The van der Waals surface area contributed by atoms with Crippen molar-refractivity contribution in [1.29, 1.82) is 0 Å². The Hall–Kier alpha value is -2.17. The summed E-state index contributed by atoms with van der Waals surface area (Å²) in [5, 5.41) is 2.80. The summed E-state index contributed by atoms with van der Waals surface area (Å²) in [7, 11) is 0. The minimum absolute atomic E-state index is 0.147. The number of nitrogens with one attached hydrogen (secondary N) is 1. The van der Waals surface area contributed by atoms with E-state index in [9.17, 15) is 4.79 Å². The van der Waals surface area contributed by atoms with Gasteiger partial charge in [0.15, 0.2) is 0 Å². The standard InChI is InChI=1S/C18H22N2O2/c1-14(19)18(21)20-11-16-8-5-9-17(10-16)13-22-12-15-6-3-2-4-7-15/h2-10,14H,11-13,19H2,1H3,(H,20,21)/t14-/m1/s1. The highest BCUT2D eigenvalue weighted by Gasteiger charge is 2.06. The number of amides is 1. The smallest absolute Gasteiger partial charge is 0.236 e. The number of hydrogen-bond donors (Lipinski definition) is 2. The average Bonchev–Trinajstić information content (AvgIpc) is 2.54. The van der Waals surface area contributed by atoms with Crippen molar-refractivity contribution in [2.45, 2.75) is 32.7 Å². The van der Waals surface area contributed by atoms with Gasteiger partial charge < -0.3 is 15.8 Å². The fourth-order valence-corrected chi connectivity index (χ4v) is 2.04. The van der Waals surface area contributed by atoms with Crippen LogP contribution in [0.3, 0.4) is 0 Å². The Morgan fingerprint density at radius 1 is 1.05 bits per heavy atom. The van der Waals surface area contributed by atoms with E-state index in [0.29, 0.717) is 19.8 Å². The van der Waals surface area contributed by atoms with E-state index in [2.05, 4.69) is 5.32 Å². The Morgan fingerprint density at radius 2 is 1.68 bits per heavy atom. The van der Waals surface area contributed by atoms with Crippen LogP contribution in [0.1, 0.15) is 23.6 Å². The lowest BCUT2D eigenvalue weighted by atomic mass is 10.1. The van der Waals surface area contributed by atoms with Crippen molar-refractivity contribution in [2.75, 3.05) is 0 Å². The van der Waals surface area contributed by atoms with Gasteiger partial charge in [-0.1, -0.05) is 54.6 Å². The van der Waals surface area contributed by atoms with Gasteiger partial charge in [0.05, 0.1) is 19.3 Å². The molecule has 22 heavy (non-hydrogen) atoms. The summed E-state index contributed by atoms with van der Waals surface area (Å²) >= 11 is 0. The first-order valence-electron chi connectivity index (χ1n) is 7.38. The minimum Gasteiger partial charge on any atom is -0.372 e.